The van der Waals surface area contributed by atoms with Gasteiger partial charge in [0, 0.05) is 38.6 Å². The molecule has 0 spiro atoms. The molecule has 2 aromatic heterocycles. The van der Waals surface area contributed by atoms with Crippen molar-refractivity contribution in [3.8, 4) is 0 Å². The minimum absolute atomic E-state index is 0.107. The number of rotatable bonds is 2. The number of carbonyl (C=O) groups is 1. The molecule has 9 heteroatoms. The van der Waals surface area contributed by atoms with Gasteiger partial charge in [-0.1, -0.05) is 0 Å². The smallest absolute Gasteiger partial charge is 0.329 e. The highest BCUT2D eigenvalue weighted by molar-refractivity contribution is 6.04. The first kappa shape index (κ1) is 17.2. The van der Waals surface area contributed by atoms with Crippen molar-refractivity contribution in [3.05, 3.63) is 30.7 Å². The van der Waals surface area contributed by atoms with Gasteiger partial charge in [0.1, 0.15) is 5.82 Å². The van der Waals surface area contributed by atoms with Crippen LogP contribution < -0.4 is 20.0 Å². The number of nitrogens with one attached hydrogen (secondary N) is 1. The maximum atomic E-state index is 13.1. The summed E-state index contributed by atoms with van der Waals surface area (Å²) in [5, 5.41) is 2.86. The zero-order valence-electron chi connectivity index (χ0n) is 15.8. The minimum atomic E-state index is -0.215. The van der Waals surface area contributed by atoms with Crippen LogP contribution in [0.2, 0.25) is 0 Å². The Balaban J connectivity index is 1.47. The lowest BCUT2D eigenvalue weighted by Crippen LogP contribution is -2.49. The Morgan fingerprint density at radius 1 is 1.21 bits per heavy atom. The predicted molar refractivity (Wildman–Crippen MR) is 106 cm³/mol. The van der Waals surface area contributed by atoms with Crippen LogP contribution in [0.25, 0.3) is 0 Å². The number of hydrogen-bond acceptors (Lipinski definition) is 7. The summed E-state index contributed by atoms with van der Waals surface area (Å²) in [7, 11) is 0. The van der Waals surface area contributed by atoms with Gasteiger partial charge in [0.05, 0.1) is 30.6 Å². The van der Waals surface area contributed by atoms with Crippen LogP contribution in [0.15, 0.2) is 30.7 Å². The molecule has 2 saturated heterocycles. The summed E-state index contributed by atoms with van der Waals surface area (Å²) >= 11 is 0. The number of hydrogen-bond donors (Lipinski definition) is 1. The van der Waals surface area contributed by atoms with Crippen molar-refractivity contribution >= 4 is 29.2 Å². The number of morpholine rings is 1. The monoisotopic (exact) mass is 381 g/mol. The van der Waals surface area contributed by atoms with Gasteiger partial charge in [0.25, 0.3) is 0 Å². The van der Waals surface area contributed by atoms with E-state index in [1.54, 1.807) is 23.5 Å². The fourth-order valence-corrected chi connectivity index (χ4v) is 4.20. The normalized spacial score (nSPS) is 23.5. The first-order valence-corrected chi connectivity index (χ1v) is 9.68. The molecule has 9 nitrogen and oxygen atoms in total. The van der Waals surface area contributed by atoms with E-state index in [0.29, 0.717) is 18.2 Å². The maximum Gasteiger partial charge on any atom is 0.329 e. The molecule has 2 aromatic rings. The summed E-state index contributed by atoms with van der Waals surface area (Å²) in [6.45, 7) is 6.11. The lowest BCUT2D eigenvalue weighted by Gasteiger charge is -2.37. The molecule has 1 unspecified atom stereocenters. The lowest BCUT2D eigenvalue weighted by atomic mass is 10.2. The molecular weight excluding hydrogens is 358 g/mol. The van der Waals surface area contributed by atoms with Crippen molar-refractivity contribution in [1.82, 2.24) is 15.0 Å². The molecule has 0 aromatic carbocycles. The van der Waals surface area contributed by atoms with E-state index < -0.39 is 0 Å². The molecule has 5 rings (SSSR count). The summed E-state index contributed by atoms with van der Waals surface area (Å²) in [6, 6.07) is 4.03. The molecule has 28 heavy (non-hydrogen) atoms. The third kappa shape index (κ3) is 3.01. The van der Waals surface area contributed by atoms with Crippen molar-refractivity contribution in [2.24, 2.45) is 0 Å². The standard InChI is InChI=1S/C19H23N7O2/c1-13-11-25(8-9-28-13)17-3-2-15-18(23-17)26(14-4-7-24(15)12-14)19(27)22-16-10-20-5-6-21-16/h2-3,5-6,10,13-14H,4,7-9,11-12H2,1H3,(H,21,22,27)/t13-,14?/m0/s1. The summed E-state index contributed by atoms with van der Waals surface area (Å²) in [4.78, 5) is 32.5. The Hall–Kier alpha value is -2.94. The second-order valence-corrected chi connectivity index (χ2v) is 7.42. The van der Waals surface area contributed by atoms with E-state index in [9.17, 15) is 4.79 Å². The van der Waals surface area contributed by atoms with Gasteiger partial charge in [-0.3, -0.25) is 15.2 Å². The highest BCUT2D eigenvalue weighted by atomic mass is 16.5. The van der Waals surface area contributed by atoms with E-state index in [-0.39, 0.29) is 18.2 Å². The Morgan fingerprint density at radius 2 is 2.14 bits per heavy atom. The number of urea groups is 1. The van der Waals surface area contributed by atoms with Crippen molar-refractivity contribution in [2.45, 2.75) is 25.5 Å². The molecule has 2 amide bonds. The first-order valence-electron chi connectivity index (χ1n) is 9.68. The zero-order chi connectivity index (χ0) is 19.1. The molecule has 146 valence electrons. The van der Waals surface area contributed by atoms with Gasteiger partial charge < -0.3 is 14.5 Å². The second kappa shape index (κ2) is 6.90. The molecule has 2 bridgehead atoms. The topological polar surface area (TPSA) is 86.7 Å². The van der Waals surface area contributed by atoms with Crippen LogP contribution in [0.3, 0.4) is 0 Å². The molecular formula is C19H23N7O2. The van der Waals surface area contributed by atoms with Crippen LogP contribution >= 0.6 is 0 Å². The Kier molecular flexibility index (Phi) is 4.23. The number of fused-ring (bicyclic) bond motifs is 4. The van der Waals surface area contributed by atoms with Gasteiger partial charge in [-0.2, -0.15) is 0 Å². The number of carbonyl (C=O) groups excluding carboxylic acids is 1. The van der Waals surface area contributed by atoms with E-state index in [4.69, 9.17) is 9.72 Å². The number of pyridine rings is 1. The third-order valence-electron chi connectivity index (χ3n) is 5.52. The van der Waals surface area contributed by atoms with Crippen molar-refractivity contribution < 1.29 is 9.53 Å². The zero-order valence-corrected chi connectivity index (χ0v) is 15.8. The molecule has 3 aliphatic rings. The third-order valence-corrected chi connectivity index (χ3v) is 5.52. The second-order valence-electron chi connectivity index (χ2n) is 7.42. The summed E-state index contributed by atoms with van der Waals surface area (Å²) in [6.07, 6.45) is 5.78. The van der Waals surface area contributed by atoms with E-state index in [1.165, 1.54) is 0 Å². The van der Waals surface area contributed by atoms with Crippen LogP contribution in [-0.2, 0) is 4.74 Å². The molecule has 5 heterocycles. The number of nitrogens with zero attached hydrogens (tertiary/aromatic N) is 6. The molecule has 2 fully saturated rings. The van der Waals surface area contributed by atoms with Crippen molar-refractivity contribution in [2.75, 3.05) is 52.8 Å². The van der Waals surface area contributed by atoms with E-state index in [1.807, 2.05) is 6.07 Å². The largest absolute Gasteiger partial charge is 0.375 e. The average molecular weight is 381 g/mol. The predicted octanol–water partition coefficient (Wildman–Crippen LogP) is 1.73. The summed E-state index contributed by atoms with van der Waals surface area (Å²) in [5.41, 5.74) is 1.01. The fraction of sp³-hybridized carbons (Fsp3) is 0.474. The van der Waals surface area contributed by atoms with Crippen LogP contribution in [-0.4, -0.2) is 65.9 Å². The minimum Gasteiger partial charge on any atom is -0.375 e. The van der Waals surface area contributed by atoms with Crippen LogP contribution in [0.5, 0.6) is 0 Å². The number of aromatic nitrogens is 3. The summed E-state index contributed by atoms with van der Waals surface area (Å²) in [5.74, 6) is 2.04. The quantitative estimate of drug-likeness (QED) is 0.848. The molecule has 0 saturated carbocycles. The lowest BCUT2D eigenvalue weighted by molar-refractivity contribution is 0.0529. The summed E-state index contributed by atoms with van der Waals surface area (Å²) < 4.78 is 5.65. The molecule has 3 aliphatic heterocycles. The SMILES string of the molecule is C[C@H]1CN(c2ccc3c(n2)N(C(=O)Nc2cnccn2)C2CCN3C2)CCO1. The van der Waals surface area contributed by atoms with Gasteiger partial charge in [-0.15, -0.1) is 0 Å². The van der Waals surface area contributed by atoms with Crippen LogP contribution in [0.4, 0.5) is 27.9 Å². The number of amides is 2. The molecule has 0 radical (unpaired) electrons. The van der Waals surface area contributed by atoms with E-state index in [0.717, 1.165) is 44.1 Å². The first-order chi connectivity index (χ1) is 13.7. The number of anilines is 4. The van der Waals surface area contributed by atoms with Crippen LogP contribution in [0, 0.1) is 0 Å². The van der Waals surface area contributed by atoms with Gasteiger partial charge in [0.2, 0.25) is 0 Å². The van der Waals surface area contributed by atoms with Gasteiger partial charge in [-0.05, 0) is 25.5 Å². The van der Waals surface area contributed by atoms with E-state index >= 15 is 0 Å². The van der Waals surface area contributed by atoms with Gasteiger partial charge in [0.15, 0.2) is 11.6 Å². The van der Waals surface area contributed by atoms with E-state index in [2.05, 4.69) is 38.1 Å². The Bertz CT molecular complexity index is 878. The Morgan fingerprint density at radius 3 is 2.96 bits per heavy atom. The van der Waals surface area contributed by atoms with Gasteiger partial charge >= 0.3 is 6.03 Å². The van der Waals surface area contributed by atoms with Gasteiger partial charge in [-0.25, -0.2) is 14.8 Å². The number of ether oxygens (including phenoxy) is 1. The highest BCUT2D eigenvalue weighted by Gasteiger charge is 2.40. The van der Waals surface area contributed by atoms with Crippen LogP contribution in [0.1, 0.15) is 13.3 Å². The van der Waals surface area contributed by atoms with Crippen molar-refractivity contribution in [3.63, 3.8) is 0 Å². The van der Waals surface area contributed by atoms with Crippen molar-refractivity contribution in [1.29, 1.82) is 0 Å². The molecule has 1 N–H and O–H groups in total. The fourth-order valence-electron chi connectivity index (χ4n) is 4.20. The Labute approximate surface area is 163 Å². The molecule has 0 aliphatic carbocycles. The highest BCUT2D eigenvalue weighted by Crippen LogP contribution is 2.40. The maximum absolute atomic E-state index is 13.1. The molecule has 2 atom stereocenters. The average Bonchev–Trinajstić information content (AvgIpc) is 3.13.